The molecule has 0 aliphatic carbocycles. The van der Waals surface area contributed by atoms with Gasteiger partial charge in [-0.1, -0.05) is 46.3 Å². The van der Waals surface area contributed by atoms with Crippen molar-refractivity contribution in [3.63, 3.8) is 0 Å². The van der Waals surface area contributed by atoms with E-state index in [1.165, 1.54) is 6.08 Å². The van der Waals surface area contributed by atoms with E-state index in [1.54, 1.807) is 6.08 Å². The van der Waals surface area contributed by atoms with E-state index in [1.807, 2.05) is 54.6 Å². The summed E-state index contributed by atoms with van der Waals surface area (Å²) in [7, 11) is 0. The summed E-state index contributed by atoms with van der Waals surface area (Å²) in [5.74, 6) is -0.211. The van der Waals surface area contributed by atoms with Crippen LogP contribution in [0.2, 0.25) is 0 Å². The van der Waals surface area contributed by atoms with Crippen molar-refractivity contribution >= 4 is 33.9 Å². The smallest absolute Gasteiger partial charge is 0.331 e. The van der Waals surface area contributed by atoms with E-state index in [0.29, 0.717) is 13.2 Å². The van der Waals surface area contributed by atoms with Crippen molar-refractivity contribution in [2.45, 2.75) is 0 Å². The maximum absolute atomic E-state index is 11.6. The molecule has 1 N–H and O–H groups in total. The summed E-state index contributed by atoms with van der Waals surface area (Å²) in [6.45, 7) is 0.346. The van der Waals surface area contributed by atoms with Gasteiger partial charge in [0.2, 0.25) is 0 Å². The third kappa shape index (κ3) is 7.67. The van der Waals surface area contributed by atoms with Gasteiger partial charge in [-0.15, -0.1) is 0 Å². The topological polar surface area (TPSA) is 64.6 Å². The van der Waals surface area contributed by atoms with Gasteiger partial charge < -0.3 is 14.8 Å². The third-order valence-electron chi connectivity index (χ3n) is 3.04. The first-order valence-corrected chi connectivity index (χ1v) is 8.48. The normalized spacial score (nSPS) is 10.4. The van der Waals surface area contributed by atoms with E-state index >= 15 is 0 Å². The summed E-state index contributed by atoms with van der Waals surface area (Å²) in [5, 5.41) is 2.62. The number of nitrogens with one attached hydrogen (secondary N) is 1. The molecule has 0 aromatic heterocycles. The summed E-state index contributed by atoms with van der Waals surface area (Å²) in [6.07, 6.45) is 2.91. The summed E-state index contributed by atoms with van der Waals surface area (Å²) in [6, 6.07) is 16.8. The number of ether oxygens (including phenoxy) is 2. The van der Waals surface area contributed by atoms with Crippen LogP contribution in [0.1, 0.15) is 5.56 Å². The number of carbonyl (C=O) groups excluding carboxylic acids is 2. The van der Waals surface area contributed by atoms with Crippen LogP contribution >= 0.6 is 15.9 Å². The molecule has 0 bridgehead atoms. The molecule has 0 spiro atoms. The highest BCUT2D eigenvalue weighted by Gasteiger charge is 2.04. The number of hydrogen-bond donors (Lipinski definition) is 1. The number of amides is 1. The lowest BCUT2D eigenvalue weighted by atomic mass is 10.2. The average molecular weight is 404 g/mol. The largest absolute Gasteiger partial charge is 0.492 e. The van der Waals surface area contributed by atoms with Crippen LogP contribution in [0.5, 0.6) is 5.75 Å². The molecule has 0 aliphatic heterocycles. The standard InChI is InChI=1S/C19H18BrNO4/c20-16-6-4-5-15(13-16)9-10-19(23)25-14-18(22)21-11-12-24-17-7-2-1-3-8-17/h1-10,13H,11-12,14H2,(H,21,22)/b10-9+. The van der Waals surface area contributed by atoms with Crippen LogP contribution in [-0.2, 0) is 14.3 Å². The quantitative estimate of drug-likeness (QED) is 0.417. The molecule has 0 atom stereocenters. The van der Waals surface area contributed by atoms with E-state index < -0.39 is 5.97 Å². The maximum atomic E-state index is 11.6. The molecule has 0 aliphatic rings. The Kier molecular flexibility index (Phi) is 7.72. The summed E-state index contributed by atoms with van der Waals surface area (Å²) in [4.78, 5) is 23.2. The fraction of sp³-hybridized carbons (Fsp3) is 0.158. The Labute approximate surface area is 154 Å². The first-order valence-electron chi connectivity index (χ1n) is 7.68. The van der Waals surface area contributed by atoms with Crippen molar-refractivity contribution in [3.05, 3.63) is 70.7 Å². The number of rotatable bonds is 8. The van der Waals surface area contributed by atoms with Crippen molar-refractivity contribution in [3.8, 4) is 5.75 Å². The second-order valence-electron chi connectivity index (χ2n) is 5.01. The van der Waals surface area contributed by atoms with Crippen LogP contribution < -0.4 is 10.1 Å². The molecule has 25 heavy (non-hydrogen) atoms. The van der Waals surface area contributed by atoms with Crippen LogP contribution in [0.25, 0.3) is 6.08 Å². The lowest BCUT2D eigenvalue weighted by molar-refractivity contribution is -0.143. The number of hydrogen-bond acceptors (Lipinski definition) is 4. The minimum atomic E-state index is -0.573. The van der Waals surface area contributed by atoms with Crippen LogP contribution in [-0.4, -0.2) is 31.6 Å². The SMILES string of the molecule is O=C(COC(=O)/C=C/c1cccc(Br)c1)NCCOc1ccccc1. The number of esters is 1. The Morgan fingerprint density at radius 1 is 1.08 bits per heavy atom. The molecule has 130 valence electrons. The summed E-state index contributed by atoms with van der Waals surface area (Å²) < 4.78 is 11.2. The van der Waals surface area contributed by atoms with Crippen molar-refractivity contribution in [1.82, 2.24) is 5.32 Å². The first kappa shape index (κ1) is 18.7. The molecule has 0 fully saturated rings. The molecule has 0 saturated carbocycles. The fourth-order valence-corrected chi connectivity index (χ4v) is 2.30. The van der Waals surface area contributed by atoms with Gasteiger partial charge in [-0.2, -0.15) is 0 Å². The van der Waals surface area contributed by atoms with Crippen LogP contribution in [0.15, 0.2) is 65.1 Å². The number of para-hydroxylation sites is 1. The van der Waals surface area contributed by atoms with E-state index in [-0.39, 0.29) is 12.5 Å². The molecule has 5 nitrogen and oxygen atoms in total. The third-order valence-corrected chi connectivity index (χ3v) is 3.54. The van der Waals surface area contributed by atoms with Gasteiger partial charge in [0, 0.05) is 10.5 Å². The molecule has 0 saturated heterocycles. The monoisotopic (exact) mass is 403 g/mol. The molecule has 0 heterocycles. The lowest BCUT2D eigenvalue weighted by Crippen LogP contribution is -2.31. The van der Waals surface area contributed by atoms with E-state index in [4.69, 9.17) is 9.47 Å². The fourth-order valence-electron chi connectivity index (χ4n) is 1.89. The highest BCUT2D eigenvalue weighted by molar-refractivity contribution is 9.10. The Bertz CT molecular complexity index is 731. The van der Waals surface area contributed by atoms with Crippen molar-refractivity contribution in [2.24, 2.45) is 0 Å². The molecule has 0 radical (unpaired) electrons. The predicted octanol–water partition coefficient (Wildman–Crippen LogP) is 3.20. The number of halogens is 1. The van der Waals surface area contributed by atoms with Crippen LogP contribution in [0.4, 0.5) is 0 Å². The molecule has 2 aromatic carbocycles. The van der Waals surface area contributed by atoms with Crippen LogP contribution in [0.3, 0.4) is 0 Å². The van der Waals surface area contributed by atoms with Gasteiger partial charge in [-0.3, -0.25) is 4.79 Å². The minimum Gasteiger partial charge on any atom is -0.492 e. The second kappa shape index (κ2) is 10.3. The molecule has 1 amide bonds. The number of carbonyl (C=O) groups is 2. The highest BCUT2D eigenvalue weighted by Crippen LogP contribution is 2.12. The predicted molar refractivity (Wildman–Crippen MR) is 99.1 cm³/mol. The Hall–Kier alpha value is -2.60. The average Bonchev–Trinajstić information content (AvgIpc) is 2.63. The zero-order chi connectivity index (χ0) is 17.9. The van der Waals surface area contributed by atoms with Crippen LogP contribution in [0, 0.1) is 0 Å². The highest BCUT2D eigenvalue weighted by atomic mass is 79.9. The lowest BCUT2D eigenvalue weighted by Gasteiger charge is -2.07. The molecule has 2 aromatic rings. The van der Waals surface area contributed by atoms with E-state index in [9.17, 15) is 9.59 Å². The minimum absolute atomic E-state index is 0.326. The van der Waals surface area contributed by atoms with Crippen molar-refractivity contribution < 1.29 is 19.1 Å². The zero-order valence-electron chi connectivity index (χ0n) is 13.5. The zero-order valence-corrected chi connectivity index (χ0v) is 15.1. The molecule has 6 heteroatoms. The van der Waals surface area contributed by atoms with E-state index in [2.05, 4.69) is 21.2 Å². The maximum Gasteiger partial charge on any atom is 0.331 e. The summed E-state index contributed by atoms with van der Waals surface area (Å²) in [5.41, 5.74) is 0.855. The molecular weight excluding hydrogens is 386 g/mol. The molecular formula is C19H18BrNO4. The summed E-state index contributed by atoms with van der Waals surface area (Å²) >= 11 is 3.35. The number of benzene rings is 2. The Morgan fingerprint density at radius 2 is 1.88 bits per heavy atom. The van der Waals surface area contributed by atoms with Crippen molar-refractivity contribution in [1.29, 1.82) is 0 Å². The van der Waals surface area contributed by atoms with E-state index in [0.717, 1.165) is 15.8 Å². The van der Waals surface area contributed by atoms with Gasteiger partial charge >= 0.3 is 5.97 Å². The van der Waals surface area contributed by atoms with Gasteiger partial charge in [0.1, 0.15) is 12.4 Å². The van der Waals surface area contributed by atoms with Gasteiger partial charge in [0.25, 0.3) is 5.91 Å². The first-order chi connectivity index (χ1) is 12.1. The van der Waals surface area contributed by atoms with Gasteiger partial charge in [-0.05, 0) is 35.9 Å². The molecule has 0 unspecified atom stereocenters. The van der Waals surface area contributed by atoms with Crippen molar-refractivity contribution in [2.75, 3.05) is 19.8 Å². The van der Waals surface area contributed by atoms with Gasteiger partial charge in [-0.25, -0.2) is 4.79 Å². The van der Waals surface area contributed by atoms with Gasteiger partial charge in [0.05, 0.1) is 6.54 Å². The Balaban J connectivity index is 1.61. The second-order valence-corrected chi connectivity index (χ2v) is 5.92. The van der Waals surface area contributed by atoms with Gasteiger partial charge in [0.15, 0.2) is 6.61 Å². The molecule has 2 rings (SSSR count). The Morgan fingerprint density at radius 3 is 2.64 bits per heavy atom.